The van der Waals surface area contributed by atoms with Crippen molar-refractivity contribution in [1.82, 2.24) is 4.57 Å². The maximum Gasteiger partial charge on any atom is 0.267 e. The van der Waals surface area contributed by atoms with Gasteiger partial charge in [0.15, 0.2) is 5.75 Å². The number of rotatable bonds is 4. The lowest BCUT2D eigenvalue weighted by molar-refractivity contribution is -0.193. The van der Waals surface area contributed by atoms with E-state index in [0.29, 0.717) is 22.5 Å². The molecule has 10 heteroatoms. The van der Waals surface area contributed by atoms with Crippen LogP contribution in [0.3, 0.4) is 0 Å². The van der Waals surface area contributed by atoms with Gasteiger partial charge in [-0.15, -0.1) is 0 Å². The molecule has 152 valence electrons. The van der Waals surface area contributed by atoms with E-state index in [-0.39, 0.29) is 29.9 Å². The van der Waals surface area contributed by atoms with Crippen LogP contribution in [0.2, 0.25) is 0 Å². The highest BCUT2D eigenvalue weighted by atomic mass is 17.2. The molecular weight excluding hydrogens is 390 g/mol. The van der Waals surface area contributed by atoms with Gasteiger partial charge in [0.2, 0.25) is 0 Å². The van der Waals surface area contributed by atoms with Gasteiger partial charge in [-0.2, -0.15) is 4.89 Å². The third-order valence-corrected chi connectivity index (χ3v) is 5.02. The molecule has 2 aromatic carbocycles. The number of amides is 1. The molecule has 0 unspecified atom stereocenters. The van der Waals surface area contributed by atoms with Crippen molar-refractivity contribution in [1.29, 1.82) is 0 Å². The molecule has 0 atom stereocenters. The maximum atomic E-state index is 13.3. The summed E-state index contributed by atoms with van der Waals surface area (Å²) in [7, 11) is 1.52. The Morgan fingerprint density at radius 3 is 2.70 bits per heavy atom. The Hall–Kier alpha value is -4.01. The highest BCUT2D eigenvalue weighted by Gasteiger charge is 2.29. The maximum absolute atomic E-state index is 13.3. The second kappa shape index (κ2) is 7.43. The van der Waals surface area contributed by atoms with E-state index < -0.39 is 17.2 Å². The third-order valence-electron chi connectivity index (χ3n) is 5.02. The average molecular weight is 407 g/mol. The smallest absolute Gasteiger partial charge is 0.267 e. The number of aryl methyl sites for hydroxylation is 1. The number of azide groups is 1. The van der Waals surface area contributed by atoms with Crippen LogP contribution in [0.4, 0.5) is 11.4 Å². The largest absolute Gasteiger partial charge is 0.506 e. The molecule has 1 aliphatic rings. The van der Waals surface area contributed by atoms with E-state index in [1.165, 1.54) is 16.5 Å². The van der Waals surface area contributed by atoms with E-state index in [0.717, 1.165) is 0 Å². The fraction of sp³-hybridized carbons (Fsp3) is 0.200. The van der Waals surface area contributed by atoms with E-state index in [9.17, 15) is 14.7 Å². The van der Waals surface area contributed by atoms with Gasteiger partial charge in [-0.1, -0.05) is 23.3 Å². The first kappa shape index (κ1) is 19.3. The van der Waals surface area contributed by atoms with E-state index in [1.54, 1.807) is 43.3 Å². The quantitative estimate of drug-likeness (QED) is 0.305. The molecule has 4 rings (SSSR count). The summed E-state index contributed by atoms with van der Waals surface area (Å²) in [5.74, 6) is -0.827. The number of carbonyl (C=O) groups is 1. The molecule has 1 aromatic heterocycles. The van der Waals surface area contributed by atoms with Gasteiger partial charge in [0, 0.05) is 35.4 Å². The van der Waals surface area contributed by atoms with Crippen LogP contribution in [0.1, 0.15) is 22.8 Å². The van der Waals surface area contributed by atoms with Crippen molar-refractivity contribution in [2.45, 2.75) is 13.5 Å². The number of fused-ring (bicyclic) bond motifs is 3. The molecule has 2 heterocycles. The summed E-state index contributed by atoms with van der Waals surface area (Å²) in [5.41, 5.74) is 9.53. The third kappa shape index (κ3) is 2.91. The molecule has 0 saturated carbocycles. The first-order chi connectivity index (χ1) is 14.5. The van der Waals surface area contributed by atoms with Gasteiger partial charge in [-0.05, 0) is 30.7 Å². The Bertz CT molecular complexity index is 1280. The fourth-order valence-electron chi connectivity index (χ4n) is 3.51. The zero-order valence-electron chi connectivity index (χ0n) is 16.2. The summed E-state index contributed by atoms with van der Waals surface area (Å²) < 4.78 is 1.29. The zero-order valence-corrected chi connectivity index (χ0v) is 16.2. The molecule has 1 N–H and O–H groups in total. The molecule has 0 spiro atoms. The molecule has 0 aliphatic carbocycles. The second-order valence-corrected chi connectivity index (χ2v) is 6.64. The number of nitrogens with zero attached hydrogens (tertiary/aromatic N) is 5. The fourth-order valence-corrected chi connectivity index (χ4v) is 3.51. The summed E-state index contributed by atoms with van der Waals surface area (Å²) in [6.45, 7) is 2.19. The van der Waals surface area contributed by atoms with Gasteiger partial charge >= 0.3 is 0 Å². The summed E-state index contributed by atoms with van der Waals surface area (Å²) in [6.07, 6.45) is 0. The van der Waals surface area contributed by atoms with Gasteiger partial charge in [0.1, 0.15) is 17.9 Å². The molecule has 1 aliphatic heterocycles. The number of hydrogen-bond donors (Lipinski definition) is 1. The minimum Gasteiger partial charge on any atom is -0.506 e. The predicted octanol–water partition coefficient (Wildman–Crippen LogP) is 3.68. The van der Waals surface area contributed by atoms with Gasteiger partial charge in [-0.3, -0.25) is 9.59 Å². The van der Waals surface area contributed by atoms with E-state index in [4.69, 9.17) is 15.3 Å². The second-order valence-electron chi connectivity index (χ2n) is 6.64. The Morgan fingerprint density at radius 2 is 2.03 bits per heavy atom. The monoisotopic (exact) mass is 407 g/mol. The molecular formula is C20H17N5O5. The molecule has 10 nitrogen and oxygen atoms in total. The Balaban J connectivity index is 1.88. The number of pyridine rings is 1. The highest BCUT2D eigenvalue weighted by Crippen LogP contribution is 2.40. The van der Waals surface area contributed by atoms with Crippen molar-refractivity contribution >= 4 is 28.2 Å². The van der Waals surface area contributed by atoms with Crippen molar-refractivity contribution < 1.29 is 19.7 Å². The number of benzene rings is 2. The summed E-state index contributed by atoms with van der Waals surface area (Å²) >= 11 is 0. The number of hydrogen-bond acceptors (Lipinski definition) is 6. The van der Waals surface area contributed by atoms with E-state index in [1.807, 2.05) is 0 Å². The standard InChI is InChI=1S/C20H17N5O5/c1-3-25(13-7-5-12(6-8-13)22-23-21)20(28)16-17(26)15-14(24(2)19(16)27)9-4-11-10-29-30-18(11)15/h4-9,26H,3,10H2,1-2H3. The molecule has 30 heavy (non-hydrogen) atoms. The zero-order chi connectivity index (χ0) is 21.4. The minimum absolute atomic E-state index is 0.204. The van der Waals surface area contributed by atoms with Crippen LogP contribution in [-0.2, 0) is 18.5 Å². The van der Waals surface area contributed by atoms with Gasteiger partial charge in [0.25, 0.3) is 11.5 Å². The number of aromatic nitrogens is 1. The van der Waals surface area contributed by atoms with Crippen LogP contribution in [-0.4, -0.2) is 22.1 Å². The summed E-state index contributed by atoms with van der Waals surface area (Å²) in [4.78, 5) is 40.5. The lowest BCUT2D eigenvalue weighted by atomic mass is 10.0. The molecule has 0 fully saturated rings. The number of carbonyl (C=O) groups excluding carboxylic acids is 1. The average Bonchev–Trinajstić information content (AvgIpc) is 3.22. The van der Waals surface area contributed by atoms with Crippen LogP contribution in [0.25, 0.3) is 21.3 Å². The van der Waals surface area contributed by atoms with Crippen molar-refractivity contribution in [3.63, 3.8) is 0 Å². The van der Waals surface area contributed by atoms with Crippen molar-refractivity contribution in [2.24, 2.45) is 12.2 Å². The van der Waals surface area contributed by atoms with Crippen molar-refractivity contribution in [2.75, 3.05) is 11.4 Å². The van der Waals surface area contributed by atoms with Crippen LogP contribution in [0.15, 0.2) is 46.3 Å². The molecule has 3 aromatic rings. The molecule has 0 bridgehead atoms. The Morgan fingerprint density at radius 1 is 1.30 bits per heavy atom. The molecule has 1 amide bonds. The van der Waals surface area contributed by atoms with Crippen LogP contribution >= 0.6 is 0 Å². The lowest BCUT2D eigenvalue weighted by Crippen LogP contribution is -2.36. The SMILES string of the molecule is CCN(C(=O)c1c(O)c2c3c(ccc2n(C)c1=O)COO3)c1ccc(N=[N+]=[N-])cc1. The number of aromatic hydroxyl groups is 1. The van der Waals surface area contributed by atoms with Crippen molar-refractivity contribution in [3.05, 3.63) is 68.3 Å². The van der Waals surface area contributed by atoms with Gasteiger partial charge in [-0.25, -0.2) is 0 Å². The molecule has 0 radical (unpaired) electrons. The summed E-state index contributed by atoms with van der Waals surface area (Å²) in [6, 6.07) is 9.73. The first-order valence-corrected chi connectivity index (χ1v) is 9.12. The van der Waals surface area contributed by atoms with Crippen molar-refractivity contribution in [3.8, 4) is 11.5 Å². The van der Waals surface area contributed by atoms with Gasteiger partial charge < -0.3 is 19.5 Å². The lowest BCUT2D eigenvalue weighted by Gasteiger charge is -2.22. The first-order valence-electron chi connectivity index (χ1n) is 9.12. The van der Waals surface area contributed by atoms with Crippen LogP contribution in [0.5, 0.6) is 11.5 Å². The molecule has 0 saturated heterocycles. The van der Waals surface area contributed by atoms with Crippen LogP contribution < -0.4 is 15.3 Å². The van der Waals surface area contributed by atoms with Gasteiger partial charge in [0.05, 0.1) is 10.9 Å². The van der Waals surface area contributed by atoms with E-state index >= 15 is 0 Å². The van der Waals surface area contributed by atoms with E-state index in [2.05, 4.69) is 10.0 Å². The topological polar surface area (TPSA) is 130 Å². The Kier molecular flexibility index (Phi) is 4.78. The normalized spacial score (nSPS) is 12.2. The van der Waals surface area contributed by atoms with Crippen LogP contribution in [0, 0.1) is 0 Å². The highest BCUT2D eigenvalue weighted by molar-refractivity contribution is 6.11. The predicted molar refractivity (Wildman–Crippen MR) is 109 cm³/mol. The minimum atomic E-state index is -0.662. The summed E-state index contributed by atoms with van der Waals surface area (Å²) in [5, 5.41) is 14.7. The number of anilines is 1. The Labute approximate surface area is 170 Å².